The first-order valence-corrected chi connectivity index (χ1v) is 6.63. The Morgan fingerprint density at radius 2 is 2.06 bits per heavy atom. The number of aliphatic hydroxyl groups is 1. The minimum atomic E-state index is -0.388. The van der Waals surface area contributed by atoms with Gasteiger partial charge in [-0.3, -0.25) is 9.78 Å². The summed E-state index contributed by atoms with van der Waals surface area (Å²) in [6, 6.07) is 3.84. The van der Waals surface area contributed by atoms with Crippen molar-refractivity contribution in [3.63, 3.8) is 0 Å². The summed E-state index contributed by atoms with van der Waals surface area (Å²) in [6.45, 7) is 0.701. The van der Waals surface area contributed by atoms with Crippen LogP contribution >= 0.6 is 0 Å². The summed E-state index contributed by atoms with van der Waals surface area (Å²) in [5.74, 6) is 0.473. The van der Waals surface area contributed by atoms with Gasteiger partial charge in [0.15, 0.2) is 0 Å². The molecule has 4 nitrogen and oxygen atoms in total. The Morgan fingerprint density at radius 3 is 2.72 bits per heavy atom. The molecule has 0 unspecified atom stereocenters. The first kappa shape index (κ1) is 11.7. The number of hydrogen-bond donors (Lipinski definition) is 1. The lowest BCUT2D eigenvalue weighted by Gasteiger charge is -2.26. The van der Waals surface area contributed by atoms with Gasteiger partial charge < -0.3 is 10.0 Å². The highest BCUT2D eigenvalue weighted by atomic mass is 16.3. The lowest BCUT2D eigenvalue weighted by Crippen LogP contribution is -2.41. The number of carbonyl (C=O) groups excluding carboxylic acids is 1. The average Bonchev–Trinajstić information content (AvgIpc) is 3.17. The molecular formula is C14H18N2O2. The molecule has 0 spiro atoms. The Balaban J connectivity index is 1.73. The van der Waals surface area contributed by atoms with Gasteiger partial charge in [-0.1, -0.05) is 0 Å². The molecule has 1 saturated heterocycles. The van der Waals surface area contributed by atoms with Crippen molar-refractivity contribution < 1.29 is 9.90 Å². The minimum Gasteiger partial charge on any atom is -0.391 e. The summed E-state index contributed by atoms with van der Waals surface area (Å²) in [5.41, 5.74) is 1.13. The number of pyridine rings is 1. The lowest BCUT2D eigenvalue weighted by atomic mass is 10.0. The zero-order chi connectivity index (χ0) is 12.5. The van der Waals surface area contributed by atoms with E-state index in [4.69, 9.17) is 0 Å². The summed E-state index contributed by atoms with van der Waals surface area (Å²) in [7, 11) is 0. The fraction of sp³-hybridized carbons (Fsp3) is 0.571. The second-order valence-electron chi connectivity index (χ2n) is 5.29. The number of aromatic nitrogens is 1. The summed E-state index contributed by atoms with van der Waals surface area (Å²) < 4.78 is 0. The number of amides is 1. The number of likely N-dealkylation sites (tertiary alicyclic amines) is 1. The summed E-state index contributed by atoms with van der Waals surface area (Å²) >= 11 is 0. The molecule has 2 atom stereocenters. The molecule has 0 bridgehead atoms. The zero-order valence-electron chi connectivity index (χ0n) is 10.3. The molecule has 18 heavy (non-hydrogen) atoms. The molecule has 1 amide bonds. The molecule has 2 fully saturated rings. The Labute approximate surface area is 107 Å². The molecule has 96 valence electrons. The maximum absolute atomic E-state index is 12.2. The van der Waals surface area contributed by atoms with Crippen LogP contribution in [0.25, 0.3) is 0 Å². The van der Waals surface area contributed by atoms with Crippen LogP contribution in [0.2, 0.25) is 0 Å². The third-order valence-electron chi connectivity index (χ3n) is 3.91. The fourth-order valence-corrected chi connectivity index (χ4v) is 2.68. The van der Waals surface area contributed by atoms with Gasteiger partial charge in [-0.05, 0) is 43.4 Å². The van der Waals surface area contributed by atoms with Crippen molar-refractivity contribution in [1.82, 2.24) is 9.88 Å². The van der Waals surface area contributed by atoms with E-state index in [9.17, 15) is 9.90 Å². The average molecular weight is 246 g/mol. The molecule has 1 N–H and O–H groups in total. The maximum atomic E-state index is 12.2. The Hall–Kier alpha value is -1.42. The van der Waals surface area contributed by atoms with Crippen LogP contribution < -0.4 is 0 Å². The SMILES string of the molecule is O=C(C1CC1)N1CC[C@@H](O)[C@@H]1Cc1ccncc1. The van der Waals surface area contributed by atoms with Crippen molar-refractivity contribution in [3.05, 3.63) is 30.1 Å². The Bertz CT molecular complexity index is 431. The number of carbonyl (C=O) groups is 1. The topological polar surface area (TPSA) is 53.4 Å². The van der Waals surface area contributed by atoms with Gasteiger partial charge in [-0.25, -0.2) is 0 Å². The van der Waals surface area contributed by atoms with Gasteiger partial charge in [-0.2, -0.15) is 0 Å². The van der Waals surface area contributed by atoms with E-state index in [1.165, 1.54) is 0 Å². The molecule has 1 aromatic heterocycles. The Morgan fingerprint density at radius 1 is 1.33 bits per heavy atom. The van der Waals surface area contributed by atoms with E-state index in [-0.39, 0.29) is 24.0 Å². The van der Waals surface area contributed by atoms with Gasteiger partial charge in [0, 0.05) is 24.9 Å². The number of aliphatic hydroxyl groups excluding tert-OH is 1. The van der Waals surface area contributed by atoms with Gasteiger partial charge in [0.25, 0.3) is 0 Å². The van der Waals surface area contributed by atoms with Gasteiger partial charge in [0.05, 0.1) is 12.1 Å². The number of hydrogen-bond acceptors (Lipinski definition) is 3. The van der Waals surface area contributed by atoms with Crippen molar-refractivity contribution >= 4 is 5.91 Å². The highest BCUT2D eigenvalue weighted by Crippen LogP contribution is 2.34. The van der Waals surface area contributed by atoms with E-state index in [2.05, 4.69) is 4.98 Å². The summed E-state index contributed by atoms with van der Waals surface area (Å²) in [6.07, 6.45) is 6.59. The van der Waals surface area contributed by atoms with Crippen molar-refractivity contribution in [2.75, 3.05) is 6.54 Å². The molecule has 1 aliphatic carbocycles. The third-order valence-corrected chi connectivity index (χ3v) is 3.91. The van der Waals surface area contributed by atoms with Crippen LogP contribution in [0.3, 0.4) is 0 Å². The smallest absolute Gasteiger partial charge is 0.226 e. The molecule has 2 aliphatic rings. The quantitative estimate of drug-likeness (QED) is 0.865. The molecule has 4 heteroatoms. The molecule has 1 saturated carbocycles. The fourth-order valence-electron chi connectivity index (χ4n) is 2.68. The second-order valence-corrected chi connectivity index (χ2v) is 5.29. The van der Waals surface area contributed by atoms with Crippen LogP contribution in [0.1, 0.15) is 24.8 Å². The van der Waals surface area contributed by atoms with Crippen LogP contribution in [0, 0.1) is 5.92 Å². The zero-order valence-corrected chi connectivity index (χ0v) is 10.3. The molecule has 0 aromatic carbocycles. The predicted octanol–water partition coefficient (Wildman–Crippen LogP) is 0.996. The number of rotatable bonds is 3. The van der Waals surface area contributed by atoms with Gasteiger partial charge in [0.2, 0.25) is 5.91 Å². The van der Waals surface area contributed by atoms with Crippen LogP contribution in [-0.2, 0) is 11.2 Å². The second kappa shape index (κ2) is 4.69. The molecular weight excluding hydrogens is 228 g/mol. The van der Waals surface area contributed by atoms with Crippen molar-refractivity contribution in [2.24, 2.45) is 5.92 Å². The first-order valence-electron chi connectivity index (χ1n) is 6.63. The maximum Gasteiger partial charge on any atom is 0.226 e. The van der Waals surface area contributed by atoms with E-state index >= 15 is 0 Å². The standard InChI is InChI=1S/C14H18N2O2/c17-13-5-8-16(14(18)11-1-2-11)12(13)9-10-3-6-15-7-4-10/h3-4,6-7,11-13,17H,1-2,5,8-9H2/t12-,13+/m0/s1. The largest absolute Gasteiger partial charge is 0.391 e. The molecule has 2 heterocycles. The van der Waals surface area contributed by atoms with Crippen LogP contribution in [0.15, 0.2) is 24.5 Å². The summed E-state index contributed by atoms with van der Waals surface area (Å²) in [5, 5.41) is 10.1. The molecule has 1 aromatic rings. The van der Waals surface area contributed by atoms with E-state index in [1.807, 2.05) is 17.0 Å². The predicted molar refractivity (Wildman–Crippen MR) is 66.8 cm³/mol. The normalized spacial score (nSPS) is 27.5. The van der Waals surface area contributed by atoms with E-state index in [1.54, 1.807) is 12.4 Å². The monoisotopic (exact) mass is 246 g/mol. The van der Waals surface area contributed by atoms with Crippen molar-refractivity contribution in [3.8, 4) is 0 Å². The molecule has 3 rings (SSSR count). The number of nitrogens with zero attached hydrogens (tertiary/aromatic N) is 2. The highest BCUT2D eigenvalue weighted by molar-refractivity contribution is 5.81. The van der Waals surface area contributed by atoms with E-state index < -0.39 is 0 Å². The molecule has 0 radical (unpaired) electrons. The van der Waals surface area contributed by atoms with Crippen LogP contribution in [0.5, 0.6) is 0 Å². The van der Waals surface area contributed by atoms with Crippen molar-refractivity contribution in [2.45, 2.75) is 37.8 Å². The molecule has 1 aliphatic heterocycles. The van der Waals surface area contributed by atoms with Gasteiger partial charge in [-0.15, -0.1) is 0 Å². The van der Waals surface area contributed by atoms with Gasteiger partial charge >= 0.3 is 0 Å². The lowest BCUT2D eigenvalue weighted by molar-refractivity contribution is -0.134. The van der Waals surface area contributed by atoms with Crippen molar-refractivity contribution in [1.29, 1.82) is 0 Å². The third kappa shape index (κ3) is 2.25. The van der Waals surface area contributed by atoms with E-state index in [0.717, 1.165) is 24.8 Å². The van der Waals surface area contributed by atoms with E-state index in [0.29, 0.717) is 13.0 Å². The van der Waals surface area contributed by atoms with Gasteiger partial charge in [0.1, 0.15) is 0 Å². The Kier molecular flexibility index (Phi) is 3.04. The highest BCUT2D eigenvalue weighted by Gasteiger charge is 2.41. The summed E-state index contributed by atoms with van der Waals surface area (Å²) in [4.78, 5) is 18.0. The van der Waals surface area contributed by atoms with Crippen LogP contribution in [0.4, 0.5) is 0 Å². The first-order chi connectivity index (χ1) is 8.75. The van der Waals surface area contributed by atoms with Crippen LogP contribution in [-0.4, -0.2) is 39.6 Å². The minimum absolute atomic E-state index is 0.0551.